The average Bonchev–Trinajstić information content (AvgIpc) is 2.56. The normalized spacial score (nSPS) is 27.9. The topological polar surface area (TPSA) is 30.9 Å². The fraction of sp³-hybridized carbons (Fsp3) is 0.905. The second kappa shape index (κ2) is 10.1. The molecule has 2 fully saturated rings. The van der Waals surface area contributed by atoms with Crippen molar-refractivity contribution >= 4 is 0 Å². The molecule has 1 saturated carbocycles. The van der Waals surface area contributed by atoms with E-state index in [0.29, 0.717) is 24.4 Å². The third kappa shape index (κ3) is 7.01. The fourth-order valence-corrected chi connectivity index (χ4v) is 3.85. The zero-order chi connectivity index (χ0) is 18.3. The molecule has 1 heterocycles. The van der Waals surface area contributed by atoms with Crippen molar-refractivity contribution in [1.82, 2.24) is 4.90 Å². The van der Waals surface area contributed by atoms with E-state index in [4.69, 9.17) is 14.2 Å². The van der Waals surface area contributed by atoms with Crippen LogP contribution in [0, 0.1) is 5.41 Å². The monoisotopic (exact) mass is 353 g/mol. The quantitative estimate of drug-likeness (QED) is 0.414. The predicted molar refractivity (Wildman–Crippen MR) is 103 cm³/mol. The molecule has 0 aromatic rings. The Morgan fingerprint density at radius 1 is 1.16 bits per heavy atom. The Morgan fingerprint density at radius 2 is 1.84 bits per heavy atom. The fourth-order valence-electron chi connectivity index (χ4n) is 3.85. The lowest BCUT2D eigenvalue weighted by Crippen LogP contribution is -2.45. The summed E-state index contributed by atoms with van der Waals surface area (Å²) in [5.41, 5.74) is 0.174. The van der Waals surface area contributed by atoms with Crippen molar-refractivity contribution in [3.63, 3.8) is 0 Å². The molecule has 2 rings (SSSR count). The first-order chi connectivity index (χ1) is 11.9. The van der Waals surface area contributed by atoms with E-state index in [1.165, 1.54) is 0 Å². The molecule has 1 atom stereocenters. The van der Waals surface area contributed by atoms with Crippen molar-refractivity contribution in [1.29, 1.82) is 0 Å². The number of piperidine rings is 1. The molecule has 2 aliphatic rings. The molecule has 0 amide bonds. The zero-order valence-corrected chi connectivity index (χ0v) is 16.8. The van der Waals surface area contributed by atoms with Crippen molar-refractivity contribution in [2.24, 2.45) is 5.41 Å². The molecular formula is C21H39NO3. The van der Waals surface area contributed by atoms with Crippen LogP contribution in [0.3, 0.4) is 0 Å². The standard InChI is InChI=1S/C21H39NO3/c1-6-21(4,10-7-13-24-17(2)3)16-22-11-8-18(9-12-22)25-20-14-19(15-20)23-5/h6,17-20H,1,7-16H2,2-5H3. The highest BCUT2D eigenvalue weighted by Gasteiger charge is 2.33. The van der Waals surface area contributed by atoms with Gasteiger partial charge < -0.3 is 19.1 Å². The number of likely N-dealkylation sites (tertiary alicyclic amines) is 1. The number of hydrogen-bond donors (Lipinski definition) is 0. The van der Waals surface area contributed by atoms with Crippen LogP contribution < -0.4 is 0 Å². The lowest BCUT2D eigenvalue weighted by molar-refractivity contribution is -0.126. The molecule has 4 nitrogen and oxygen atoms in total. The van der Waals surface area contributed by atoms with Crippen molar-refractivity contribution < 1.29 is 14.2 Å². The van der Waals surface area contributed by atoms with Crippen molar-refractivity contribution in [2.75, 3.05) is 33.4 Å². The van der Waals surface area contributed by atoms with Crippen molar-refractivity contribution in [3.8, 4) is 0 Å². The molecule has 0 spiro atoms. The smallest absolute Gasteiger partial charge is 0.0628 e. The third-order valence-corrected chi connectivity index (χ3v) is 5.73. The molecule has 1 aliphatic heterocycles. The summed E-state index contributed by atoms with van der Waals surface area (Å²) in [5.74, 6) is 0. The molecule has 4 heteroatoms. The number of methoxy groups -OCH3 is 1. The minimum absolute atomic E-state index is 0.174. The lowest BCUT2D eigenvalue weighted by atomic mass is 9.84. The van der Waals surface area contributed by atoms with Gasteiger partial charge in [-0.1, -0.05) is 13.0 Å². The predicted octanol–water partition coefficient (Wildman–Crippen LogP) is 4.04. The van der Waals surface area contributed by atoms with Crippen LogP contribution in [0.2, 0.25) is 0 Å². The maximum atomic E-state index is 6.22. The van der Waals surface area contributed by atoms with Crippen LogP contribution in [0.25, 0.3) is 0 Å². The van der Waals surface area contributed by atoms with E-state index in [2.05, 4.69) is 38.3 Å². The first kappa shape index (κ1) is 20.9. The molecule has 146 valence electrons. The summed E-state index contributed by atoms with van der Waals surface area (Å²) in [6, 6.07) is 0. The summed E-state index contributed by atoms with van der Waals surface area (Å²) in [7, 11) is 1.80. The van der Waals surface area contributed by atoms with E-state index in [0.717, 1.165) is 64.8 Å². The van der Waals surface area contributed by atoms with Gasteiger partial charge in [-0.15, -0.1) is 6.58 Å². The molecule has 1 unspecified atom stereocenters. The Balaban J connectivity index is 1.64. The van der Waals surface area contributed by atoms with Gasteiger partial charge in [-0.2, -0.15) is 0 Å². The largest absolute Gasteiger partial charge is 0.381 e. The molecule has 25 heavy (non-hydrogen) atoms. The molecule has 1 aliphatic carbocycles. The minimum atomic E-state index is 0.174. The Morgan fingerprint density at radius 3 is 2.40 bits per heavy atom. The molecular weight excluding hydrogens is 314 g/mol. The van der Waals surface area contributed by atoms with Gasteiger partial charge in [0.15, 0.2) is 0 Å². The van der Waals surface area contributed by atoms with E-state index >= 15 is 0 Å². The molecule has 0 aromatic carbocycles. The van der Waals surface area contributed by atoms with Crippen LogP contribution in [0.15, 0.2) is 12.7 Å². The second-order valence-corrected chi connectivity index (χ2v) is 8.44. The van der Waals surface area contributed by atoms with Crippen LogP contribution in [0.4, 0.5) is 0 Å². The molecule has 0 aromatic heterocycles. The van der Waals surface area contributed by atoms with Gasteiger partial charge >= 0.3 is 0 Å². The van der Waals surface area contributed by atoms with Crippen LogP contribution in [-0.4, -0.2) is 62.7 Å². The lowest BCUT2D eigenvalue weighted by Gasteiger charge is -2.41. The highest BCUT2D eigenvalue weighted by atomic mass is 16.5. The summed E-state index contributed by atoms with van der Waals surface area (Å²) < 4.78 is 17.2. The maximum Gasteiger partial charge on any atom is 0.0628 e. The van der Waals surface area contributed by atoms with Crippen molar-refractivity contribution in [3.05, 3.63) is 12.7 Å². The highest BCUT2D eigenvalue weighted by molar-refractivity contribution is 4.94. The van der Waals surface area contributed by atoms with Gasteiger partial charge in [0.2, 0.25) is 0 Å². The van der Waals surface area contributed by atoms with Gasteiger partial charge in [0, 0.05) is 33.4 Å². The van der Waals surface area contributed by atoms with E-state index in [9.17, 15) is 0 Å². The van der Waals surface area contributed by atoms with E-state index in [1.807, 2.05) is 0 Å². The van der Waals surface area contributed by atoms with Crippen molar-refractivity contribution in [2.45, 2.75) is 83.7 Å². The highest BCUT2D eigenvalue weighted by Crippen LogP contribution is 2.31. The van der Waals surface area contributed by atoms with E-state index in [1.54, 1.807) is 7.11 Å². The first-order valence-electron chi connectivity index (χ1n) is 10.1. The number of ether oxygens (including phenoxy) is 3. The molecule has 0 radical (unpaired) electrons. The Bertz CT molecular complexity index is 387. The molecule has 0 bridgehead atoms. The van der Waals surface area contributed by atoms with Crippen LogP contribution in [-0.2, 0) is 14.2 Å². The summed E-state index contributed by atoms with van der Waals surface area (Å²) in [6.07, 6.45) is 10.5. The molecule has 0 N–H and O–H groups in total. The van der Waals surface area contributed by atoms with Gasteiger partial charge in [0.05, 0.1) is 24.4 Å². The van der Waals surface area contributed by atoms with Gasteiger partial charge in [-0.05, 0) is 57.8 Å². The van der Waals surface area contributed by atoms with Gasteiger partial charge in [0.25, 0.3) is 0 Å². The number of nitrogens with zero attached hydrogens (tertiary/aromatic N) is 1. The van der Waals surface area contributed by atoms with Crippen LogP contribution in [0.5, 0.6) is 0 Å². The third-order valence-electron chi connectivity index (χ3n) is 5.73. The minimum Gasteiger partial charge on any atom is -0.381 e. The van der Waals surface area contributed by atoms with E-state index < -0.39 is 0 Å². The summed E-state index contributed by atoms with van der Waals surface area (Å²) in [5, 5.41) is 0. The Labute approximate surface area is 154 Å². The first-order valence-corrected chi connectivity index (χ1v) is 10.1. The maximum absolute atomic E-state index is 6.22. The van der Waals surface area contributed by atoms with E-state index in [-0.39, 0.29) is 5.41 Å². The van der Waals surface area contributed by atoms with Crippen LogP contribution >= 0.6 is 0 Å². The van der Waals surface area contributed by atoms with Gasteiger partial charge in [-0.3, -0.25) is 0 Å². The summed E-state index contributed by atoms with van der Waals surface area (Å²) in [6.45, 7) is 14.8. The van der Waals surface area contributed by atoms with Gasteiger partial charge in [0.1, 0.15) is 0 Å². The summed E-state index contributed by atoms with van der Waals surface area (Å²) >= 11 is 0. The molecule has 1 saturated heterocycles. The Hall–Kier alpha value is -0.420. The zero-order valence-electron chi connectivity index (χ0n) is 16.8. The summed E-state index contributed by atoms with van der Waals surface area (Å²) in [4.78, 5) is 2.59. The number of hydrogen-bond acceptors (Lipinski definition) is 4. The average molecular weight is 354 g/mol. The van der Waals surface area contributed by atoms with Crippen LogP contribution in [0.1, 0.15) is 59.3 Å². The van der Waals surface area contributed by atoms with Gasteiger partial charge in [-0.25, -0.2) is 0 Å². The SMILES string of the molecule is C=CC(C)(CCCOC(C)C)CN1CCC(OC2CC(OC)C2)CC1. The Kier molecular flexibility index (Phi) is 8.40. The number of rotatable bonds is 11. The second-order valence-electron chi connectivity index (χ2n) is 8.44.